The van der Waals surface area contributed by atoms with Gasteiger partial charge in [0, 0.05) is 0 Å². The number of unbranched alkanes of at least 4 members (excludes halogenated alkanes) is 34. The summed E-state index contributed by atoms with van der Waals surface area (Å²) in [4.78, 5) is 30.3. The molecule has 2 aromatic carbocycles. The maximum Gasteiger partial charge on any atom is 0.324 e. The molecule has 6 nitrogen and oxygen atoms in total. The largest absolute Gasteiger partial charge is 0.507 e. The number of carbonyl (C=O) groups excluding carboxylic acids is 2. The maximum absolute atomic E-state index is 15.2. The number of carbonyl (C=O) groups is 2. The molecule has 0 aromatic heterocycles. The Morgan fingerprint density at radius 3 is 0.787 bits per heavy atom. The molecule has 2 rings (SSSR count). The number of rotatable bonds is 44. The summed E-state index contributed by atoms with van der Waals surface area (Å²) in [6.07, 6.45) is 46.3. The quantitative estimate of drug-likeness (QED) is 0.0390. The Bertz CT molecular complexity index is 1710. The highest BCUT2D eigenvalue weighted by atomic mass is 16.6. The molecule has 0 spiro atoms. The van der Waals surface area contributed by atoms with E-state index in [1.165, 1.54) is 193 Å². The van der Waals surface area contributed by atoms with Crippen molar-refractivity contribution >= 4 is 11.9 Å². The van der Waals surface area contributed by atoms with Crippen LogP contribution in [0, 0.1) is 33.1 Å². The van der Waals surface area contributed by atoms with E-state index >= 15 is 9.59 Å². The highest BCUT2D eigenvalue weighted by Gasteiger charge is 2.50. The van der Waals surface area contributed by atoms with Gasteiger partial charge in [0.1, 0.15) is 11.5 Å². The summed E-state index contributed by atoms with van der Waals surface area (Å²) in [5, 5.41) is 22.9. The first-order valence-electron chi connectivity index (χ1n) is 31.8. The lowest BCUT2D eigenvalue weighted by molar-refractivity contribution is -0.173. The molecule has 0 atom stereocenters. The summed E-state index contributed by atoms with van der Waals surface area (Å²) in [6, 6.07) is 3.99. The summed E-state index contributed by atoms with van der Waals surface area (Å²) in [6.45, 7) is 25.3. The van der Waals surface area contributed by atoms with Crippen LogP contribution in [0.3, 0.4) is 0 Å². The predicted molar refractivity (Wildman–Crippen MR) is 322 cm³/mol. The van der Waals surface area contributed by atoms with Crippen molar-refractivity contribution in [1.29, 1.82) is 0 Å². The van der Waals surface area contributed by atoms with Gasteiger partial charge in [-0.25, -0.2) is 0 Å². The van der Waals surface area contributed by atoms with Gasteiger partial charge in [0.25, 0.3) is 0 Å². The van der Waals surface area contributed by atoms with Crippen molar-refractivity contribution in [3.63, 3.8) is 0 Å². The van der Waals surface area contributed by atoms with E-state index in [0.717, 1.165) is 83.0 Å². The van der Waals surface area contributed by atoms with Crippen LogP contribution in [-0.4, -0.2) is 35.4 Å². The second-order valence-electron chi connectivity index (χ2n) is 25.6. The van der Waals surface area contributed by atoms with Crippen LogP contribution in [0.2, 0.25) is 0 Å². The molecule has 6 heteroatoms. The summed E-state index contributed by atoms with van der Waals surface area (Å²) < 4.78 is 12.6. The van der Waals surface area contributed by atoms with Crippen molar-refractivity contribution in [2.75, 3.05) is 13.2 Å². The van der Waals surface area contributed by atoms with Gasteiger partial charge < -0.3 is 19.7 Å². The van der Waals surface area contributed by atoms with Crippen molar-refractivity contribution in [1.82, 2.24) is 0 Å². The fourth-order valence-electron chi connectivity index (χ4n) is 11.2. The van der Waals surface area contributed by atoms with Crippen LogP contribution in [0.25, 0.3) is 0 Å². The van der Waals surface area contributed by atoms with Crippen molar-refractivity contribution in [2.45, 2.75) is 338 Å². The highest BCUT2D eigenvalue weighted by molar-refractivity contribution is 6.01. The molecule has 432 valence electrons. The average Bonchev–Trinajstić information content (AvgIpc) is 3.36. The van der Waals surface area contributed by atoms with Crippen LogP contribution in [0.5, 0.6) is 11.5 Å². The number of esters is 2. The molecule has 0 saturated carbocycles. The van der Waals surface area contributed by atoms with Gasteiger partial charge in [-0.2, -0.15) is 0 Å². The molecule has 0 radical (unpaired) electrons. The predicted octanol–water partition coefficient (Wildman–Crippen LogP) is 20.9. The van der Waals surface area contributed by atoms with Gasteiger partial charge in [0.2, 0.25) is 0 Å². The molecule has 0 fully saturated rings. The molecule has 0 aliphatic carbocycles. The molecule has 2 N–H and O–H groups in total. The zero-order valence-electron chi connectivity index (χ0n) is 51.5. The lowest BCUT2D eigenvalue weighted by Crippen LogP contribution is -2.46. The van der Waals surface area contributed by atoms with Crippen molar-refractivity contribution in [3.05, 3.63) is 56.6 Å². The molecule has 0 unspecified atom stereocenters. The van der Waals surface area contributed by atoms with Gasteiger partial charge >= 0.3 is 11.9 Å². The van der Waals surface area contributed by atoms with E-state index in [1.807, 2.05) is 39.8 Å². The molecule has 75 heavy (non-hydrogen) atoms. The van der Waals surface area contributed by atoms with E-state index in [2.05, 4.69) is 55.4 Å². The molecule has 2 aromatic rings. The third-order valence-electron chi connectivity index (χ3n) is 16.8. The van der Waals surface area contributed by atoms with Gasteiger partial charge in [-0.15, -0.1) is 0 Å². The summed E-state index contributed by atoms with van der Waals surface area (Å²) in [5.74, 6) is -0.603. The van der Waals surface area contributed by atoms with Crippen molar-refractivity contribution in [2.24, 2.45) is 5.41 Å². The first-order valence-corrected chi connectivity index (χ1v) is 31.8. The van der Waals surface area contributed by atoms with Crippen LogP contribution in [-0.2, 0) is 42.7 Å². The Morgan fingerprint density at radius 2 is 0.573 bits per heavy atom. The van der Waals surface area contributed by atoms with Crippen LogP contribution in [0.4, 0.5) is 0 Å². The molecular formula is C69H120O6. The van der Waals surface area contributed by atoms with E-state index in [-0.39, 0.29) is 48.4 Å². The second kappa shape index (κ2) is 38.5. The van der Waals surface area contributed by atoms with Crippen LogP contribution in [0.1, 0.15) is 331 Å². The lowest BCUT2D eigenvalue weighted by atomic mass is 9.72. The van der Waals surface area contributed by atoms with Crippen LogP contribution < -0.4 is 0 Å². The van der Waals surface area contributed by atoms with Gasteiger partial charge in [-0.05, 0) is 109 Å². The smallest absolute Gasteiger partial charge is 0.324 e. The summed E-state index contributed by atoms with van der Waals surface area (Å²) in [5.41, 5.74) is 3.95. The number of hydrogen-bond acceptors (Lipinski definition) is 6. The highest BCUT2D eigenvalue weighted by Crippen LogP contribution is 2.43. The van der Waals surface area contributed by atoms with E-state index in [1.54, 1.807) is 0 Å². The zero-order chi connectivity index (χ0) is 55.5. The van der Waals surface area contributed by atoms with E-state index in [9.17, 15) is 10.2 Å². The Morgan fingerprint density at radius 1 is 0.360 bits per heavy atom. The Balaban J connectivity index is 2.15. The Labute approximate surface area is 463 Å². The third kappa shape index (κ3) is 26.5. The minimum absolute atomic E-state index is 0.0726. The normalized spacial score (nSPS) is 12.2. The maximum atomic E-state index is 15.2. The molecule has 0 amide bonds. The fraction of sp³-hybridized carbons (Fsp3) is 0.797. The van der Waals surface area contributed by atoms with Crippen LogP contribution in [0.15, 0.2) is 12.1 Å². The summed E-state index contributed by atoms with van der Waals surface area (Å²) in [7, 11) is 0. The van der Waals surface area contributed by atoms with E-state index in [0.29, 0.717) is 0 Å². The zero-order valence-corrected chi connectivity index (χ0v) is 51.5. The molecule has 0 aliphatic rings. The van der Waals surface area contributed by atoms with E-state index < -0.39 is 17.4 Å². The standard InChI is InChI=1S/C69H120O6/c1-13-15-17-19-21-23-25-27-29-31-33-35-37-39-41-43-45-47-49-74-65(72)69(53-59-51-61(67(7,8)9)63(70)57(5)55(59)3,54-60-52-62(68(10,11)12)64(71)58(6)56(60)4)66(73)75-50-48-46-44-42-40-38-36-34-32-30-28-26-24-22-20-18-16-14-2/h51-52,70-71H,13-50,53-54H2,1-12H3. The third-order valence-corrected chi connectivity index (χ3v) is 16.8. The van der Waals surface area contributed by atoms with Gasteiger partial charge in [-0.3, -0.25) is 9.59 Å². The topological polar surface area (TPSA) is 93.1 Å². The van der Waals surface area contributed by atoms with Crippen molar-refractivity contribution in [3.8, 4) is 11.5 Å². The Kier molecular flexibility index (Phi) is 35.0. The number of benzene rings is 2. The van der Waals surface area contributed by atoms with Crippen molar-refractivity contribution < 1.29 is 29.3 Å². The molecule has 0 bridgehead atoms. The number of hydrogen-bond donors (Lipinski definition) is 2. The lowest BCUT2D eigenvalue weighted by Gasteiger charge is -2.33. The average molecular weight is 1050 g/mol. The molecule has 0 aliphatic heterocycles. The monoisotopic (exact) mass is 1040 g/mol. The van der Waals surface area contributed by atoms with Gasteiger partial charge in [0.05, 0.1) is 13.2 Å². The fourth-order valence-corrected chi connectivity index (χ4v) is 11.2. The minimum atomic E-state index is -1.70. The SMILES string of the molecule is CCCCCCCCCCCCCCCCCCCCOC(=O)C(Cc1cc(C(C)(C)C)c(O)c(C)c1C)(Cc1cc(C(C)(C)C)c(O)c(C)c1C)C(=O)OCCCCCCCCCCCCCCCCCCCC. The van der Waals surface area contributed by atoms with Gasteiger partial charge in [0.15, 0.2) is 5.41 Å². The second-order valence-corrected chi connectivity index (χ2v) is 25.6. The first-order chi connectivity index (χ1) is 35.8. The number of phenols is 2. The number of phenolic OH excluding ortho intramolecular Hbond substituents is 2. The first kappa shape index (κ1) is 68.1. The molecule has 0 heterocycles. The Hall–Kier alpha value is -3.02. The minimum Gasteiger partial charge on any atom is -0.507 e. The van der Waals surface area contributed by atoms with Gasteiger partial charge in [-0.1, -0.05) is 286 Å². The molecular weight excluding hydrogens is 925 g/mol. The van der Waals surface area contributed by atoms with Crippen LogP contribution >= 0.6 is 0 Å². The number of ether oxygens (including phenoxy) is 2. The molecule has 0 saturated heterocycles. The van der Waals surface area contributed by atoms with E-state index in [4.69, 9.17) is 9.47 Å². The number of aromatic hydroxyl groups is 2. The summed E-state index contributed by atoms with van der Waals surface area (Å²) >= 11 is 0.